The molecule has 0 saturated heterocycles. The number of aromatic nitrogens is 4. The second kappa shape index (κ2) is 4.54. The van der Waals surface area contributed by atoms with Crippen molar-refractivity contribution >= 4 is 15.9 Å². The molecular weight excluding hydrogens is 282 g/mol. The van der Waals surface area contributed by atoms with Crippen molar-refractivity contribution in [2.75, 3.05) is 0 Å². The second-order valence-electron chi connectivity index (χ2n) is 4.17. The Morgan fingerprint density at radius 2 is 2.29 bits per heavy atom. The average molecular weight is 294 g/mol. The lowest BCUT2D eigenvalue weighted by Crippen LogP contribution is -2.15. The van der Waals surface area contributed by atoms with Gasteiger partial charge in [0.25, 0.3) is 0 Å². The van der Waals surface area contributed by atoms with Crippen molar-refractivity contribution in [1.82, 2.24) is 25.3 Å². The molecule has 1 N–H and O–H groups in total. The van der Waals surface area contributed by atoms with E-state index in [4.69, 9.17) is 0 Å². The average Bonchev–Trinajstić information content (AvgIpc) is 3.04. The Hall–Kier alpha value is -1.27. The summed E-state index contributed by atoms with van der Waals surface area (Å²) in [4.78, 5) is 4.10. The number of nitrogens with one attached hydrogen (secondary N) is 1. The Morgan fingerprint density at radius 3 is 3.06 bits per heavy atom. The SMILES string of the molecule is Brc1cncc(-n2cc(CNC3CC3)nn2)c1. The Kier molecular flexibility index (Phi) is 2.90. The number of pyridine rings is 1. The molecule has 6 heteroatoms. The van der Waals surface area contributed by atoms with Gasteiger partial charge in [0, 0.05) is 23.3 Å². The molecule has 0 aromatic carbocycles. The molecule has 88 valence electrons. The molecule has 0 atom stereocenters. The van der Waals surface area contributed by atoms with Gasteiger partial charge in [0.2, 0.25) is 0 Å². The third kappa shape index (κ3) is 2.70. The van der Waals surface area contributed by atoms with Crippen LogP contribution in [0.25, 0.3) is 5.69 Å². The van der Waals surface area contributed by atoms with E-state index in [9.17, 15) is 0 Å². The van der Waals surface area contributed by atoms with Gasteiger partial charge in [0.1, 0.15) is 0 Å². The molecule has 2 aromatic rings. The smallest absolute Gasteiger partial charge is 0.0969 e. The third-order valence-electron chi connectivity index (χ3n) is 2.65. The molecule has 5 nitrogen and oxygen atoms in total. The van der Waals surface area contributed by atoms with Crippen LogP contribution < -0.4 is 5.32 Å². The monoisotopic (exact) mass is 293 g/mol. The summed E-state index contributed by atoms with van der Waals surface area (Å²) in [6.07, 6.45) is 8.00. The maximum Gasteiger partial charge on any atom is 0.0969 e. The van der Waals surface area contributed by atoms with E-state index in [2.05, 4.69) is 36.5 Å². The van der Waals surface area contributed by atoms with Crippen molar-refractivity contribution in [1.29, 1.82) is 0 Å². The molecule has 0 spiro atoms. The van der Waals surface area contributed by atoms with E-state index >= 15 is 0 Å². The first-order valence-electron chi connectivity index (χ1n) is 5.57. The van der Waals surface area contributed by atoms with Crippen LogP contribution in [-0.2, 0) is 6.54 Å². The minimum absolute atomic E-state index is 0.688. The van der Waals surface area contributed by atoms with Gasteiger partial charge >= 0.3 is 0 Å². The topological polar surface area (TPSA) is 55.6 Å². The fraction of sp³-hybridized carbons (Fsp3) is 0.364. The molecule has 0 aliphatic heterocycles. The Morgan fingerprint density at radius 1 is 1.41 bits per heavy atom. The predicted octanol–water partition coefficient (Wildman–Crippen LogP) is 1.68. The van der Waals surface area contributed by atoms with E-state index in [0.29, 0.717) is 6.04 Å². The highest BCUT2D eigenvalue weighted by molar-refractivity contribution is 9.10. The molecule has 0 amide bonds. The fourth-order valence-corrected chi connectivity index (χ4v) is 1.92. The van der Waals surface area contributed by atoms with Gasteiger partial charge in [0.15, 0.2) is 0 Å². The maximum absolute atomic E-state index is 4.13. The number of rotatable bonds is 4. The van der Waals surface area contributed by atoms with Crippen LogP contribution in [-0.4, -0.2) is 26.0 Å². The molecular formula is C11H12BrN5. The van der Waals surface area contributed by atoms with Gasteiger partial charge in [0.05, 0.1) is 23.8 Å². The van der Waals surface area contributed by atoms with E-state index in [-0.39, 0.29) is 0 Å². The van der Waals surface area contributed by atoms with Gasteiger partial charge in [-0.3, -0.25) is 4.98 Å². The minimum Gasteiger partial charge on any atom is -0.308 e. The highest BCUT2D eigenvalue weighted by Crippen LogP contribution is 2.19. The van der Waals surface area contributed by atoms with Crippen LogP contribution in [0.15, 0.2) is 29.1 Å². The van der Waals surface area contributed by atoms with Gasteiger partial charge in [-0.25, -0.2) is 4.68 Å². The van der Waals surface area contributed by atoms with Crippen molar-refractivity contribution in [3.63, 3.8) is 0 Å². The summed E-state index contributed by atoms with van der Waals surface area (Å²) in [6, 6.07) is 2.65. The maximum atomic E-state index is 4.13. The van der Waals surface area contributed by atoms with Gasteiger partial charge in [-0.15, -0.1) is 5.10 Å². The number of hydrogen-bond donors (Lipinski definition) is 1. The zero-order valence-corrected chi connectivity index (χ0v) is 10.8. The standard InChI is InChI=1S/C11H12BrN5/c12-8-3-11(6-13-4-8)17-7-10(15-16-17)5-14-9-1-2-9/h3-4,6-7,9,14H,1-2,5H2. The lowest BCUT2D eigenvalue weighted by atomic mass is 10.4. The van der Waals surface area contributed by atoms with E-state index in [0.717, 1.165) is 22.4 Å². The first-order valence-corrected chi connectivity index (χ1v) is 6.36. The largest absolute Gasteiger partial charge is 0.308 e. The normalized spacial score (nSPS) is 15.1. The molecule has 2 heterocycles. The Labute approximate surface area is 107 Å². The van der Waals surface area contributed by atoms with E-state index < -0.39 is 0 Å². The molecule has 1 fully saturated rings. The number of halogens is 1. The van der Waals surface area contributed by atoms with Crippen LogP contribution in [0.5, 0.6) is 0 Å². The summed E-state index contributed by atoms with van der Waals surface area (Å²) in [7, 11) is 0. The molecule has 3 rings (SSSR count). The second-order valence-corrected chi connectivity index (χ2v) is 5.09. The van der Waals surface area contributed by atoms with E-state index in [1.807, 2.05) is 12.3 Å². The Bertz CT molecular complexity index is 520. The zero-order valence-electron chi connectivity index (χ0n) is 9.17. The first-order chi connectivity index (χ1) is 8.31. The van der Waals surface area contributed by atoms with Crippen LogP contribution in [0, 0.1) is 0 Å². The van der Waals surface area contributed by atoms with Crippen LogP contribution in [0.2, 0.25) is 0 Å². The van der Waals surface area contributed by atoms with Gasteiger partial charge in [-0.05, 0) is 34.8 Å². The summed E-state index contributed by atoms with van der Waals surface area (Å²) in [5.41, 5.74) is 1.86. The number of nitrogens with zero attached hydrogens (tertiary/aromatic N) is 4. The highest BCUT2D eigenvalue weighted by atomic mass is 79.9. The Balaban J connectivity index is 1.74. The van der Waals surface area contributed by atoms with Gasteiger partial charge in [-0.2, -0.15) is 0 Å². The van der Waals surface area contributed by atoms with Crippen molar-refractivity contribution < 1.29 is 0 Å². The summed E-state index contributed by atoms with van der Waals surface area (Å²) >= 11 is 3.39. The molecule has 17 heavy (non-hydrogen) atoms. The molecule has 1 aliphatic rings. The predicted molar refractivity (Wildman–Crippen MR) is 66.7 cm³/mol. The van der Waals surface area contributed by atoms with Crippen LogP contribution in [0.3, 0.4) is 0 Å². The van der Waals surface area contributed by atoms with Gasteiger partial charge in [-0.1, -0.05) is 5.21 Å². The van der Waals surface area contributed by atoms with Crippen molar-refractivity contribution in [3.8, 4) is 5.69 Å². The van der Waals surface area contributed by atoms with Crippen molar-refractivity contribution in [3.05, 3.63) is 34.8 Å². The molecule has 0 bridgehead atoms. The molecule has 2 aromatic heterocycles. The van der Waals surface area contributed by atoms with Crippen LogP contribution in [0.4, 0.5) is 0 Å². The number of hydrogen-bond acceptors (Lipinski definition) is 4. The van der Waals surface area contributed by atoms with Crippen molar-refractivity contribution in [2.45, 2.75) is 25.4 Å². The highest BCUT2D eigenvalue weighted by Gasteiger charge is 2.20. The lowest BCUT2D eigenvalue weighted by molar-refractivity contribution is 0.671. The minimum atomic E-state index is 0.688. The van der Waals surface area contributed by atoms with Crippen LogP contribution >= 0.6 is 15.9 Å². The fourth-order valence-electron chi connectivity index (χ4n) is 1.57. The van der Waals surface area contributed by atoms with Crippen LogP contribution in [0.1, 0.15) is 18.5 Å². The van der Waals surface area contributed by atoms with Crippen molar-refractivity contribution in [2.24, 2.45) is 0 Å². The summed E-state index contributed by atoms with van der Waals surface area (Å²) in [6.45, 7) is 0.784. The lowest BCUT2D eigenvalue weighted by Gasteiger charge is -1.99. The quantitative estimate of drug-likeness (QED) is 0.932. The molecule has 1 saturated carbocycles. The zero-order chi connectivity index (χ0) is 11.7. The molecule has 0 radical (unpaired) electrons. The third-order valence-corrected chi connectivity index (χ3v) is 3.08. The summed E-state index contributed by atoms with van der Waals surface area (Å²) in [5.74, 6) is 0. The van der Waals surface area contributed by atoms with E-state index in [1.165, 1.54) is 12.8 Å². The molecule has 0 unspecified atom stereocenters. The van der Waals surface area contributed by atoms with Gasteiger partial charge < -0.3 is 5.32 Å². The van der Waals surface area contributed by atoms with E-state index in [1.54, 1.807) is 17.1 Å². The summed E-state index contributed by atoms with van der Waals surface area (Å²) in [5, 5.41) is 11.6. The summed E-state index contributed by atoms with van der Waals surface area (Å²) < 4.78 is 2.67. The first kappa shape index (κ1) is 10.9. The molecule has 1 aliphatic carbocycles.